The monoisotopic (exact) mass is 444 g/mol. The van der Waals surface area contributed by atoms with Gasteiger partial charge >= 0.3 is 21.7 Å². The molecule has 0 fully saturated rings. The molecule has 0 nitrogen and oxygen atoms in total. The number of hydrogen-bond donors (Lipinski definition) is 0. The second kappa shape index (κ2) is 11.6. The van der Waals surface area contributed by atoms with Gasteiger partial charge in [0.05, 0.1) is 8.07 Å². The minimum absolute atomic E-state index is 0. The molecule has 0 amide bonds. The van der Waals surface area contributed by atoms with E-state index in [9.17, 15) is 0 Å². The first-order chi connectivity index (χ1) is 10.2. The fourth-order valence-electron chi connectivity index (χ4n) is 4.10. The molecule has 0 saturated carbocycles. The largest absolute Gasteiger partial charge is 4.00 e. The van der Waals surface area contributed by atoms with Gasteiger partial charge in [-0.3, -0.25) is 0 Å². The molecule has 132 valence electrons. The second-order valence-corrected chi connectivity index (χ2v) is 10.9. The molecule has 1 unspecified atom stereocenters. The Balaban J connectivity index is 0. The zero-order valence-corrected chi connectivity index (χ0v) is 19.7. The molecule has 0 heterocycles. The number of fused-ring (bicyclic) bond motifs is 1. The van der Waals surface area contributed by atoms with E-state index in [0.717, 1.165) is 0 Å². The van der Waals surface area contributed by atoms with Crippen LogP contribution in [0.15, 0.2) is 60.2 Å². The molecule has 0 radical (unpaired) electrons. The summed E-state index contributed by atoms with van der Waals surface area (Å²) in [4.78, 5) is 0. The summed E-state index contributed by atoms with van der Waals surface area (Å²) in [7, 11) is -1.60. The van der Waals surface area contributed by atoms with Gasteiger partial charge in [-0.2, -0.15) is 17.7 Å². The molecule has 0 bridgehead atoms. The molecule has 2 aromatic carbocycles. The van der Waals surface area contributed by atoms with Crippen molar-refractivity contribution in [1.29, 1.82) is 0 Å². The molecule has 1 atom stereocenters. The van der Waals surface area contributed by atoms with E-state index in [-0.39, 0.29) is 58.9 Å². The normalized spacial score (nSPS) is 14.7. The van der Waals surface area contributed by atoms with Crippen LogP contribution in [0.2, 0.25) is 12.1 Å². The second-order valence-electron chi connectivity index (χ2n) is 6.06. The molecule has 25 heavy (non-hydrogen) atoms. The van der Waals surface area contributed by atoms with Crippen LogP contribution < -0.4 is 42.4 Å². The third-order valence-corrected chi connectivity index (χ3v) is 11.1. The zero-order chi connectivity index (χ0) is 14.9. The van der Waals surface area contributed by atoms with Crippen LogP contribution in [0, 0.1) is 6.08 Å². The summed E-state index contributed by atoms with van der Waals surface area (Å²) < 4.78 is 0. The van der Waals surface area contributed by atoms with Crippen LogP contribution in [-0.4, -0.2) is 8.07 Å². The van der Waals surface area contributed by atoms with Crippen LogP contribution in [0.5, 0.6) is 0 Å². The fraction of sp³-hybridized carbons (Fsp3) is 0.300. The number of rotatable bonds is 4. The first kappa shape index (κ1) is 27.2. The van der Waals surface area contributed by atoms with Crippen molar-refractivity contribution in [2.24, 2.45) is 0 Å². The van der Waals surface area contributed by atoms with Gasteiger partial charge < -0.3 is 37.2 Å². The SMILES string of the molecule is CC[Si](CC)(c1ccccc1)C1C(C)=[C-]c2ccccc21.[Cl-].[Cl-].[Cl-].[Ti+4]. The molecular weight excluding hydrogens is 423 g/mol. The molecule has 2 aromatic rings. The van der Waals surface area contributed by atoms with Crippen LogP contribution in [0.4, 0.5) is 0 Å². The zero-order valence-electron chi connectivity index (χ0n) is 14.8. The van der Waals surface area contributed by atoms with Crippen LogP contribution in [0.25, 0.3) is 0 Å². The van der Waals surface area contributed by atoms with E-state index in [1.807, 2.05) is 0 Å². The predicted octanol–water partition coefficient (Wildman–Crippen LogP) is -4.17. The van der Waals surface area contributed by atoms with Gasteiger partial charge in [0.25, 0.3) is 0 Å². The van der Waals surface area contributed by atoms with Crippen molar-refractivity contribution in [3.05, 3.63) is 77.4 Å². The number of halogens is 3. The summed E-state index contributed by atoms with van der Waals surface area (Å²) in [6.45, 7) is 7.05. The van der Waals surface area contributed by atoms with E-state index < -0.39 is 8.07 Å². The van der Waals surface area contributed by atoms with Gasteiger partial charge in [-0.25, -0.2) is 0 Å². The standard InChI is InChI=1S/C20H23Si.3ClH.Ti/c1-4-21(5-2,18-12-7-6-8-13-18)20-16(3)15-17-11-9-10-14-19(17)20;;;;/h6-14,20H,4-5H2,1-3H3;3*1H;/q-1;;;;+4/p-3. The first-order valence-electron chi connectivity index (χ1n) is 7.98. The van der Waals surface area contributed by atoms with Gasteiger partial charge in [-0.1, -0.05) is 80.0 Å². The molecule has 1 aliphatic carbocycles. The van der Waals surface area contributed by atoms with Gasteiger partial charge in [-0.05, 0) is 0 Å². The van der Waals surface area contributed by atoms with Gasteiger partial charge in [0.2, 0.25) is 0 Å². The summed E-state index contributed by atoms with van der Waals surface area (Å²) in [5.41, 5.74) is 4.85. The number of allylic oxidation sites excluding steroid dienone is 1. The Kier molecular flexibility index (Phi) is 12.7. The average molecular weight is 446 g/mol. The van der Waals surface area contributed by atoms with Crippen molar-refractivity contribution in [2.75, 3.05) is 0 Å². The van der Waals surface area contributed by atoms with E-state index in [4.69, 9.17) is 0 Å². The van der Waals surface area contributed by atoms with Crippen molar-refractivity contribution < 1.29 is 58.9 Å². The summed E-state index contributed by atoms with van der Waals surface area (Å²) in [6.07, 6.45) is 3.64. The Morgan fingerprint density at radius 3 is 1.92 bits per heavy atom. The minimum Gasteiger partial charge on any atom is -1.00 e. The maximum absolute atomic E-state index is 3.64. The fourth-order valence-corrected chi connectivity index (χ4v) is 9.17. The molecule has 0 spiro atoms. The van der Waals surface area contributed by atoms with E-state index in [1.54, 1.807) is 5.19 Å². The Bertz CT molecular complexity index is 670. The Labute approximate surface area is 187 Å². The van der Waals surface area contributed by atoms with E-state index in [0.29, 0.717) is 5.54 Å². The summed E-state index contributed by atoms with van der Waals surface area (Å²) in [5.74, 6) is 0. The van der Waals surface area contributed by atoms with Gasteiger partial charge in [0.1, 0.15) is 0 Å². The summed E-state index contributed by atoms with van der Waals surface area (Å²) in [6, 6.07) is 22.7. The summed E-state index contributed by atoms with van der Waals surface area (Å²) in [5, 5.41) is 1.60. The van der Waals surface area contributed by atoms with Crippen molar-refractivity contribution in [1.82, 2.24) is 0 Å². The minimum atomic E-state index is -1.60. The Hall–Kier alpha value is -0.0188. The van der Waals surface area contributed by atoms with Crippen molar-refractivity contribution in [2.45, 2.75) is 38.4 Å². The smallest absolute Gasteiger partial charge is 1.00 e. The van der Waals surface area contributed by atoms with Gasteiger partial charge in [0.15, 0.2) is 0 Å². The molecular formula is C20H23Cl3SiTi. The molecule has 0 aromatic heterocycles. The Morgan fingerprint density at radius 1 is 0.840 bits per heavy atom. The van der Waals surface area contributed by atoms with Crippen molar-refractivity contribution in [3.8, 4) is 0 Å². The van der Waals surface area contributed by atoms with Crippen molar-refractivity contribution >= 4 is 13.3 Å². The van der Waals surface area contributed by atoms with E-state index in [1.165, 1.54) is 28.8 Å². The Morgan fingerprint density at radius 2 is 1.36 bits per heavy atom. The topological polar surface area (TPSA) is 0 Å². The molecule has 0 aliphatic heterocycles. The van der Waals surface area contributed by atoms with Crippen LogP contribution in [0.1, 0.15) is 37.4 Å². The third kappa shape index (κ3) is 4.83. The molecule has 0 N–H and O–H groups in total. The van der Waals surface area contributed by atoms with Crippen LogP contribution in [0.3, 0.4) is 0 Å². The average Bonchev–Trinajstić information content (AvgIpc) is 2.87. The third-order valence-electron chi connectivity index (χ3n) is 5.20. The number of hydrogen-bond acceptors (Lipinski definition) is 0. The van der Waals surface area contributed by atoms with Crippen molar-refractivity contribution in [3.63, 3.8) is 0 Å². The number of benzene rings is 2. The predicted molar refractivity (Wildman–Crippen MR) is 93.5 cm³/mol. The first-order valence-corrected chi connectivity index (χ1v) is 10.5. The summed E-state index contributed by atoms with van der Waals surface area (Å²) >= 11 is 0. The van der Waals surface area contributed by atoms with Gasteiger partial charge in [0, 0.05) is 0 Å². The quantitative estimate of drug-likeness (QED) is 0.331. The molecule has 5 heteroatoms. The maximum Gasteiger partial charge on any atom is 4.00 e. The van der Waals surface area contributed by atoms with E-state index >= 15 is 0 Å². The van der Waals surface area contributed by atoms with Crippen LogP contribution in [-0.2, 0) is 21.7 Å². The van der Waals surface area contributed by atoms with Crippen LogP contribution >= 0.6 is 0 Å². The van der Waals surface area contributed by atoms with E-state index in [2.05, 4.69) is 81.4 Å². The molecule has 3 rings (SSSR count). The molecule has 1 aliphatic rings. The molecule has 0 saturated heterocycles. The maximum atomic E-state index is 3.64. The van der Waals surface area contributed by atoms with Gasteiger partial charge in [-0.15, -0.1) is 23.3 Å².